The Kier molecular flexibility index (Phi) is 10.5. The van der Waals surface area contributed by atoms with Crippen LogP contribution in [0.25, 0.3) is 11.1 Å². The number of benzene rings is 8. The van der Waals surface area contributed by atoms with E-state index in [1.807, 2.05) is 0 Å². The lowest BCUT2D eigenvalue weighted by Crippen LogP contribution is -2.61. The van der Waals surface area contributed by atoms with Gasteiger partial charge in [0.05, 0.1) is 0 Å². The highest BCUT2D eigenvalue weighted by atomic mass is 15.2. The molecule has 3 nitrogen and oxygen atoms in total. The SMILES string of the molecule is CC(C)c1ccc(N(c2ccccc2)c2ccc3c(c2)N(c2ccc4c(c2)-c2ccccc2C4(C)C)c2cc(C(C)(C)C)cc4c2B3c2cc(C(C)(C)C)ccc2N4c2ccc(C(C)(C)C)cc2)cc1. The summed E-state index contributed by atoms with van der Waals surface area (Å²) >= 11 is 0. The Hall–Kier alpha value is -6.78. The van der Waals surface area contributed by atoms with E-state index >= 15 is 0 Å². The van der Waals surface area contributed by atoms with Crippen molar-refractivity contribution in [2.24, 2.45) is 0 Å². The van der Waals surface area contributed by atoms with Crippen molar-refractivity contribution in [3.8, 4) is 11.1 Å². The molecular weight excluding hydrogens is 846 g/mol. The first-order chi connectivity index (χ1) is 33.2. The normalized spacial score (nSPS) is 14.5. The molecule has 0 bridgehead atoms. The van der Waals surface area contributed by atoms with Crippen molar-refractivity contribution in [1.29, 1.82) is 0 Å². The fraction of sp³-hybridized carbons (Fsp3) is 0.273. The highest BCUT2D eigenvalue weighted by Gasteiger charge is 2.45. The number of para-hydroxylation sites is 1. The van der Waals surface area contributed by atoms with Gasteiger partial charge < -0.3 is 14.7 Å². The van der Waals surface area contributed by atoms with Gasteiger partial charge in [0.15, 0.2) is 0 Å². The van der Waals surface area contributed by atoms with Crippen LogP contribution in [0.5, 0.6) is 0 Å². The third kappa shape index (κ3) is 7.40. The summed E-state index contributed by atoms with van der Waals surface area (Å²) in [5, 5.41) is 0. The van der Waals surface area contributed by atoms with Crippen molar-refractivity contribution in [3.05, 3.63) is 203 Å². The molecule has 0 radical (unpaired) electrons. The van der Waals surface area contributed by atoms with Gasteiger partial charge in [-0.2, -0.15) is 0 Å². The maximum absolute atomic E-state index is 2.63. The average molecular weight is 914 g/mol. The van der Waals surface area contributed by atoms with Gasteiger partial charge in [-0.1, -0.05) is 181 Å². The van der Waals surface area contributed by atoms with Crippen molar-refractivity contribution >= 4 is 74.3 Å². The van der Waals surface area contributed by atoms with E-state index in [-0.39, 0.29) is 28.4 Å². The van der Waals surface area contributed by atoms with Gasteiger partial charge in [-0.25, -0.2) is 0 Å². The van der Waals surface area contributed by atoms with Gasteiger partial charge in [0.1, 0.15) is 0 Å². The Morgan fingerprint density at radius 1 is 0.429 bits per heavy atom. The summed E-state index contributed by atoms with van der Waals surface area (Å²) in [6.45, 7) is 30.3. The number of fused-ring (bicyclic) bond motifs is 7. The Bertz CT molecular complexity index is 3320. The molecule has 0 spiro atoms. The van der Waals surface area contributed by atoms with Gasteiger partial charge in [-0.05, 0) is 162 Å². The highest BCUT2D eigenvalue weighted by Crippen LogP contribution is 2.53. The van der Waals surface area contributed by atoms with Crippen LogP contribution in [0, 0.1) is 0 Å². The van der Waals surface area contributed by atoms with E-state index in [0.717, 1.165) is 17.1 Å². The number of hydrogen-bond donors (Lipinski definition) is 0. The van der Waals surface area contributed by atoms with Crippen LogP contribution in [0.1, 0.15) is 129 Å². The molecule has 8 aromatic rings. The van der Waals surface area contributed by atoms with Gasteiger partial charge >= 0.3 is 0 Å². The molecular formula is C66H68BN3. The molecule has 8 aromatic carbocycles. The lowest BCUT2D eigenvalue weighted by molar-refractivity contribution is 0.589. The van der Waals surface area contributed by atoms with Crippen molar-refractivity contribution in [2.45, 2.75) is 118 Å². The van der Waals surface area contributed by atoms with Crippen molar-refractivity contribution < 1.29 is 0 Å². The molecule has 0 unspecified atom stereocenters. The first-order valence-corrected chi connectivity index (χ1v) is 25.6. The van der Waals surface area contributed by atoms with E-state index < -0.39 is 0 Å². The lowest BCUT2D eigenvalue weighted by Gasteiger charge is -2.45. The number of nitrogens with zero attached hydrogens (tertiary/aromatic N) is 3. The standard InChI is InChI=1S/C66H68BN3/c1-42(2)43-23-28-48(29-24-43)68(47-19-15-14-16-20-47)51-33-35-56-59(41-51)70(50-32-34-55-53(40-50)52-21-17-18-22-54(52)66(55,12)13)61-39-46(65(9,10)11)38-60-62(61)67(56)57-37-45(64(6,7)8)27-36-58(57)69(60)49-30-25-44(26-31-49)63(3,4)5/h14-42H,1-13H3. The second-order valence-corrected chi connectivity index (χ2v) is 24.2. The van der Waals surface area contributed by atoms with Crippen LogP contribution in [0.3, 0.4) is 0 Å². The molecule has 70 heavy (non-hydrogen) atoms. The number of rotatable bonds is 6. The molecule has 0 aromatic heterocycles. The van der Waals surface area contributed by atoms with E-state index in [9.17, 15) is 0 Å². The second kappa shape index (κ2) is 16.1. The quantitative estimate of drug-likeness (QED) is 0.154. The number of hydrogen-bond acceptors (Lipinski definition) is 3. The van der Waals surface area contributed by atoms with Gasteiger partial charge in [0.25, 0.3) is 6.71 Å². The van der Waals surface area contributed by atoms with Crippen LogP contribution >= 0.6 is 0 Å². The van der Waals surface area contributed by atoms with Crippen LogP contribution in [0.4, 0.5) is 51.2 Å². The largest absolute Gasteiger partial charge is 0.311 e. The molecule has 0 saturated heterocycles. The minimum Gasteiger partial charge on any atom is -0.311 e. The summed E-state index contributed by atoms with van der Waals surface area (Å²) in [6, 6.07) is 65.5. The van der Waals surface area contributed by atoms with Gasteiger partial charge in [0.2, 0.25) is 0 Å². The third-order valence-corrected chi connectivity index (χ3v) is 15.7. The topological polar surface area (TPSA) is 9.72 Å². The summed E-state index contributed by atoms with van der Waals surface area (Å²) < 4.78 is 0. The van der Waals surface area contributed by atoms with Crippen LogP contribution in [0.2, 0.25) is 0 Å². The van der Waals surface area contributed by atoms with E-state index in [1.54, 1.807) is 0 Å². The fourth-order valence-electron chi connectivity index (χ4n) is 11.6. The Morgan fingerprint density at radius 2 is 0.986 bits per heavy atom. The summed E-state index contributed by atoms with van der Waals surface area (Å²) in [6.07, 6.45) is 0. The molecule has 0 saturated carbocycles. The van der Waals surface area contributed by atoms with Crippen molar-refractivity contribution in [2.75, 3.05) is 14.7 Å². The Morgan fingerprint density at radius 3 is 1.63 bits per heavy atom. The van der Waals surface area contributed by atoms with Crippen molar-refractivity contribution in [1.82, 2.24) is 0 Å². The summed E-state index contributed by atoms with van der Waals surface area (Å²) in [7, 11) is 0. The maximum atomic E-state index is 2.63. The number of anilines is 9. The van der Waals surface area contributed by atoms with E-state index in [1.165, 1.54) is 95.0 Å². The molecule has 2 aliphatic heterocycles. The maximum Gasteiger partial charge on any atom is 0.252 e. The molecule has 0 N–H and O–H groups in total. The molecule has 350 valence electrons. The zero-order valence-electron chi connectivity index (χ0n) is 43.7. The second-order valence-electron chi connectivity index (χ2n) is 24.2. The zero-order chi connectivity index (χ0) is 49.2. The van der Waals surface area contributed by atoms with Crippen LogP contribution in [-0.2, 0) is 21.7 Å². The minimum atomic E-state index is -0.139. The Labute approximate surface area is 418 Å². The summed E-state index contributed by atoms with van der Waals surface area (Å²) in [4.78, 5) is 7.64. The first-order valence-electron chi connectivity index (χ1n) is 25.6. The molecule has 0 amide bonds. The minimum absolute atomic E-state index is 0.0219. The summed E-state index contributed by atoms with van der Waals surface area (Å²) in [5.74, 6) is 0.445. The van der Waals surface area contributed by atoms with E-state index in [4.69, 9.17) is 0 Å². The Balaban J connectivity index is 1.23. The van der Waals surface area contributed by atoms with Crippen molar-refractivity contribution in [3.63, 3.8) is 0 Å². The fourth-order valence-corrected chi connectivity index (χ4v) is 11.6. The molecule has 2 heterocycles. The zero-order valence-corrected chi connectivity index (χ0v) is 43.7. The molecule has 0 atom stereocenters. The average Bonchev–Trinajstić information content (AvgIpc) is 3.55. The van der Waals surface area contributed by atoms with Gasteiger partial charge in [-0.15, -0.1) is 0 Å². The third-order valence-electron chi connectivity index (χ3n) is 15.7. The van der Waals surface area contributed by atoms with Crippen LogP contribution < -0.4 is 31.1 Å². The predicted molar refractivity (Wildman–Crippen MR) is 303 cm³/mol. The molecule has 4 heteroatoms. The lowest BCUT2D eigenvalue weighted by atomic mass is 9.33. The van der Waals surface area contributed by atoms with Gasteiger partial charge in [-0.3, -0.25) is 0 Å². The predicted octanol–water partition coefficient (Wildman–Crippen LogP) is 16.6. The van der Waals surface area contributed by atoms with E-state index in [2.05, 4.69) is 275 Å². The molecule has 0 fully saturated rings. The monoisotopic (exact) mass is 914 g/mol. The molecule has 3 aliphatic rings. The molecule has 1 aliphatic carbocycles. The highest BCUT2D eigenvalue weighted by molar-refractivity contribution is 7.00. The summed E-state index contributed by atoms with van der Waals surface area (Å²) in [5.41, 5.74) is 25.1. The van der Waals surface area contributed by atoms with Gasteiger partial charge in [0, 0.05) is 56.6 Å². The first kappa shape index (κ1) is 45.7. The van der Waals surface area contributed by atoms with E-state index in [0.29, 0.717) is 5.92 Å². The smallest absolute Gasteiger partial charge is 0.252 e. The molecule has 11 rings (SSSR count). The van der Waals surface area contributed by atoms with Crippen LogP contribution in [-0.4, -0.2) is 6.71 Å². The van der Waals surface area contributed by atoms with Crippen LogP contribution in [0.15, 0.2) is 170 Å².